The van der Waals surface area contributed by atoms with E-state index in [9.17, 15) is 23.5 Å². The Bertz CT molecular complexity index is 1330. The number of nitrogens with zero attached hydrogens (tertiary/aromatic N) is 6. The zero-order valence-corrected chi connectivity index (χ0v) is 20.0. The van der Waals surface area contributed by atoms with Crippen LogP contribution in [0, 0.1) is 11.6 Å². The standard InChI is InChI=1S/C24H27F2N7O3/c1-24(2)14-30(10-11-32(24)23(35)36)22(34)28-21-13-27-19-7-8-20(29-33(19)21)31-9-3-4-18(31)16-12-15(25)5-6-17(16)26/h5-8,12-13,18H,3-4,9-11,14H2,1-2H3,(H,28,34)(H,35,36). The van der Waals surface area contributed by atoms with Crippen LogP contribution < -0.4 is 10.2 Å². The summed E-state index contributed by atoms with van der Waals surface area (Å²) in [5, 5.41) is 16.9. The maximum Gasteiger partial charge on any atom is 0.407 e. The third-order valence-electron chi connectivity index (χ3n) is 6.87. The van der Waals surface area contributed by atoms with Crippen LogP contribution in [-0.2, 0) is 0 Å². The van der Waals surface area contributed by atoms with Crippen molar-refractivity contribution in [2.75, 3.05) is 36.4 Å². The Morgan fingerprint density at radius 2 is 1.94 bits per heavy atom. The summed E-state index contributed by atoms with van der Waals surface area (Å²) < 4.78 is 29.9. The molecule has 2 aromatic heterocycles. The van der Waals surface area contributed by atoms with Crippen molar-refractivity contribution >= 4 is 29.4 Å². The van der Waals surface area contributed by atoms with Gasteiger partial charge in [0.1, 0.15) is 17.5 Å². The highest BCUT2D eigenvalue weighted by Gasteiger charge is 2.38. The van der Waals surface area contributed by atoms with E-state index in [0.29, 0.717) is 30.2 Å². The van der Waals surface area contributed by atoms with Crippen molar-refractivity contribution in [2.45, 2.75) is 38.3 Å². The Balaban J connectivity index is 1.38. The zero-order chi connectivity index (χ0) is 25.6. The fourth-order valence-electron chi connectivity index (χ4n) is 5.11. The van der Waals surface area contributed by atoms with E-state index in [-0.39, 0.29) is 37.3 Å². The van der Waals surface area contributed by atoms with Crippen molar-refractivity contribution < 1.29 is 23.5 Å². The highest BCUT2D eigenvalue weighted by atomic mass is 19.1. The number of aromatic nitrogens is 3. The predicted molar refractivity (Wildman–Crippen MR) is 128 cm³/mol. The van der Waals surface area contributed by atoms with Gasteiger partial charge in [0.25, 0.3) is 0 Å². The van der Waals surface area contributed by atoms with E-state index in [4.69, 9.17) is 0 Å². The average molecular weight is 500 g/mol. The molecule has 1 aromatic carbocycles. The Hall–Kier alpha value is -3.96. The molecule has 4 heterocycles. The largest absolute Gasteiger partial charge is 0.465 e. The fraction of sp³-hybridized carbons (Fsp3) is 0.417. The Kier molecular flexibility index (Phi) is 5.89. The summed E-state index contributed by atoms with van der Waals surface area (Å²) in [6.07, 6.45) is 1.94. The van der Waals surface area contributed by atoms with Crippen LogP contribution in [0.15, 0.2) is 36.5 Å². The van der Waals surface area contributed by atoms with Gasteiger partial charge in [-0.15, -0.1) is 5.10 Å². The minimum Gasteiger partial charge on any atom is -0.465 e. The summed E-state index contributed by atoms with van der Waals surface area (Å²) in [7, 11) is 0. The maximum atomic E-state index is 14.5. The van der Waals surface area contributed by atoms with Gasteiger partial charge < -0.3 is 14.9 Å². The first-order valence-corrected chi connectivity index (χ1v) is 11.8. The van der Waals surface area contributed by atoms with Gasteiger partial charge >= 0.3 is 12.1 Å². The van der Waals surface area contributed by atoms with Gasteiger partial charge in [0.15, 0.2) is 11.5 Å². The van der Waals surface area contributed by atoms with Crippen molar-refractivity contribution in [3.8, 4) is 0 Å². The molecule has 2 fully saturated rings. The highest BCUT2D eigenvalue weighted by Crippen LogP contribution is 2.36. The molecule has 0 spiro atoms. The Morgan fingerprint density at radius 1 is 1.14 bits per heavy atom. The number of nitrogens with one attached hydrogen (secondary N) is 1. The molecule has 190 valence electrons. The molecule has 0 aliphatic carbocycles. The first-order valence-electron chi connectivity index (χ1n) is 11.8. The quantitative estimate of drug-likeness (QED) is 0.565. The minimum atomic E-state index is -1.02. The third-order valence-corrected chi connectivity index (χ3v) is 6.87. The van der Waals surface area contributed by atoms with Gasteiger partial charge in [-0.05, 0) is 57.0 Å². The van der Waals surface area contributed by atoms with Gasteiger partial charge in [-0.3, -0.25) is 10.2 Å². The van der Waals surface area contributed by atoms with Gasteiger partial charge in [-0.25, -0.2) is 23.4 Å². The molecule has 3 aromatic rings. The molecule has 2 saturated heterocycles. The lowest BCUT2D eigenvalue weighted by Gasteiger charge is -2.45. The van der Waals surface area contributed by atoms with Crippen LogP contribution in [0.5, 0.6) is 0 Å². The molecule has 0 radical (unpaired) electrons. The fourth-order valence-corrected chi connectivity index (χ4v) is 5.11. The molecule has 0 saturated carbocycles. The predicted octanol–water partition coefficient (Wildman–Crippen LogP) is 3.96. The van der Waals surface area contributed by atoms with Crippen LogP contribution >= 0.6 is 0 Å². The summed E-state index contributed by atoms with van der Waals surface area (Å²) in [6, 6.07) is 6.25. The van der Waals surface area contributed by atoms with Crippen molar-refractivity contribution in [1.82, 2.24) is 24.4 Å². The molecule has 2 N–H and O–H groups in total. The molecule has 5 rings (SSSR count). The normalized spacial score (nSPS) is 19.7. The van der Waals surface area contributed by atoms with Gasteiger partial charge in [0.05, 0.1) is 17.8 Å². The highest BCUT2D eigenvalue weighted by molar-refractivity contribution is 5.89. The zero-order valence-electron chi connectivity index (χ0n) is 20.0. The molecule has 3 amide bonds. The number of carbonyl (C=O) groups excluding carboxylic acids is 1. The van der Waals surface area contributed by atoms with Crippen LogP contribution in [0.2, 0.25) is 0 Å². The molecule has 1 atom stereocenters. The van der Waals surface area contributed by atoms with E-state index < -0.39 is 23.3 Å². The second-order valence-corrected chi connectivity index (χ2v) is 9.72. The number of hydrogen-bond acceptors (Lipinski definition) is 5. The third kappa shape index (κ3) is 4.27. The van der Waals surface area contributed by atoms with Crippen LogP contribution in [0.4, 0.5) is 30.0 Å². The van der Waals surface area contributed by atoms with Crippen LogP contribution in [0.25, 0.3) is 5.65 Å². The number of carbonyl (C=O) groups is 2. The van der Waals surface area contributed by atoms with Crippen LogP contribution in [0.3, 0.4) is 0 Å². The number of urea groups is 1. The van der Waals surface area contributed by atoms with Gasteiger partial charge in [0.2, 0.25) is 0 Å². The number of benzene rings is 1. The number of rotatable bonds is 3. The first-order chi connectivity index (χ1) is 17.1. The van der Waals surface area contributed by atoms with Crippen molar-refractivity contribution in [2.24, 2.45) is 0 Å². The molecule has 36 heavy (non-hydrogen) atoms. The summed E-state index contributed by atoms with van der Waals surface area (Å²) in [5.74, 6) is -0.0501. The Morgan fingerprint density at radius 3 is 2.69 bits per heavy atom. The Labute approximate surface area is 206 Å². The SMILES string of the molecule is CC1(C)CN(C(=O)Nc2cnc3ccc(N4CCCC4c4cc(F)ccc4F)nn23)CCN1C(=O)O. The lowest BCUT2D eigenvalue weighted by Crippen LogP contribution is -2.62. The molecular formula is C24H27F2N7O3. The molecule has 2 aliphatic heterocycles. The summed E-state index contributed by atoms with van der Waals surface area (Å²) >= 11 is 0. The maximum absolute atomic E-state index is 14.5. The molecule has 0 bridgehead atoms. The smallest absolute Gasteiger partial charge is 0.407 e. The molecule has 2 aliphatic rings. The second kappa shape index (κ2) is 8.92. The van der Waals surface area contributed by atoms with E-state index >= 15 is 0 Å². The van der Waals surface area contributed by atoms with E-state index in [1.807, 2.05) is 4.90 Å². The summed E-state index contributed by atoms with van der Waals surface area (Å²) in [5.41, 5.74) is 0.0675. The van der Waals surface area contributed by atoms with Crippen molar-refractivity contribution in [3.63, 3.8) is 0 Å². The molecule has 1 unspecified atom stereocenters. The number of piperazine rings is 1. The molecule has 10 nitrogen and oxygen atoms in total. The molecule has 12 heteroatoms. The summed E-state index contributed by atoms with van der Waals surface area (Å²) in [4.78, 5) is 33.6. The minimum absolute atomic E-state index is 0.207. The second-order valence-electron chi connectivity index (χ2n) is 9.72. The number of imidazole rings is 1. The van der Waals surface area contributed by atoms with E-state index in [1.54, 1.807) is 30.9 Å². The van der Waals surface area contributed by atoms with Gasteiger partial charge in [-0.1, -0.05) is 0 Å². The lowest BCUT2D eigenvalue weighted by atomic mass is 10.00. The van der Waals surface area contributed by atoms with Crippen molar-refractivity contribution in [1.29, 1.82) is 0 Å². The summed E-state index contributed by atoms with van der Waals surface area (Å²) in [6.45, 7) is 4.87. The topological polar surface area (TPSA) is 106 Å². The number of fused-ring (bicyclic) bond motifs is 1. The van der Waals surface area contributed by atoms with E-state index in [1.165, 1.54) is 21.7 Å². The van der Waals surface area contributed by atoms with E-state index in [0.717, 1.165) is 18.6 Å². The van der Waals surface area contributed by atoms with Gasteiger partial charge in [-0.2, -0.15) is 4.52 Å². The van der Waals surface area contributed by atoms with Crippen LogP contribution in [-0.4, -0.2) is 73.3 Å². The van der Waals surface area contributed by atoms with Crippen molar-refractivity contribution in [3.05, 3.63) is 53.7 Å². The van der Waals surface area contributed by atoms with Gasteiger partial charge in [0, 0.05) is 31.7 Å². The number of hydrogen-bond donors (Lipinski definition) is 2. The lowest BCUT2D eigenvalue weighted by molar-refractivity contribution is 0.0409. The van der Waals surface area contributed by atoms with E-state index in [2.05, 4.69) is 15.4 Å². The van der Waals surface area contributed by atoms with Crippen LogP contribution in [0.1, 0.15) is 38.3 Å². The number of amides is 3. The monoisotopic (exact) mass is 499 g/mol. The average Bonchev–Trinajstić information content (AvgIpc) is 3.47. The first kappa shape index (κ1) is 23.8. The molecular weight excluding hydrogens is 472 g/mol. The number of carboxylic acid groups (broad SMARTS) is 1. The number of anilines is 2. The number of halogens is 2.